The molecule has 0 aliphatic carbocycles. The summed E-state index contributed by atoms with van der Waals surface area (Å²) in [5.74, 6) is -0.277. The smallest absolute Gasteiger partial charge is 0.326 e. The van der Waals surface area contributed by atoms with E-state index in [1.54, 1.807) is 24.2 Å². The van der Waals surface area contributed by atoms with Gasteiger partial charge in [0.15, 0.2) is 5.69 Å². The second-order valence-electron chi connectivity index (χ2n) is 8.71. The number of hydrogen-bond donors (Lipinski definition) is 2. The van der Waals surface area contributed by atoms with Gasteiger partial charge in [-0.2, -0.15) is 5.10 Å². The summed E-state index contributed by atoms with van der Waals surface area (Å²) in [4.78, 5) is 32.7. The summed E-state index contributed by atoms with van der Waals surface area (Å²) in [7, 11) is 1.71. The van der Waals surface area contributed by atoms with Crippen LogP contribution in [0.3, 0.4) is 0 Å². The molecule has 1 fully saturated rings. The lowest BCUT2D eigenvalue weighted by molar-refractivity contribution is 0.101. The molecule has 0 radical (unpaired) electrons. The molecule has 1 aromatic heterocycles. The first-order chi connectivity index (χ1) is 16.0. The molecular weight excluding hydrogens is 418 g/mol. The molecule has 1 aromatic carbocycles. The molecule has 9 heteroatoms. The lowest BCUT2D eigenvalue weighted by atomic mass is 10.0. The number of carbonyl (C=O) groups is 2. The van der Waals surface area contributed by atoms with Gasteiger partial charge in [-0.1, -0.05) is 32.4 Å². The highest BCUT2D eigenvalue weighted by Gasteiger charge is 2.32. The van der Waals surface area contributed by atoms with Crippen LogP contribution in [0.25, 0.3) is 0 Å². The van der Waals surface area contributed by atoms with Gasteiger partial charge in [-0.3, -0.25) is 19.3 Å². The Morgan fingerprint density at radius 1 is 1.21 bits per heavy atom. The van der Waals surface area contributed by atoms with Gasteiger partial charge in [0.05, 0.1) is 17.6 Å². The van der Waals surface area contributed by atoms with E-state index in [1.807, 2.05) is 18.2 Å². The molecule has 33 heavy (non-hydrogen) atoms. The number of amides is 3. The summed E-state index contributed by atoms with van der Waals surface area (Å²) in [6.07, 6.45) is 5.25. The Labute approximate surface area is 195 Å². The minimum atomic E-state index is -0.277. The number of piperidine rings is 1. The summed E-state index contributed by atoms with van der Waals surface area (Å²) < 4.78 is 1.50. The van der Waals surface area contributed by atoms with E-state index in [-0.39, 0.29) is 11.9 Å². The predicted octanol–water partition coefficient (Wildman–Crippen LogP) is 3.03. The highest BCUT2D eigenvalue weighted by molar-refractivity contribution is 6.16. The number of likely N-dealkylation sites (tertiary alicyclic amines) is 1. The zero-order valence-electron chi connectivity index (χ0n) is 19.9. The van der Waals surface area contributed by atoms with Crippen LogP contribution >= 0.6 is 0 Å². The molecule has 0 saturated carbocycles. The zero-order valence-corrected chi connectivity index (χ0v) is 19.9. The number of para-hydroxylation sites is 2. The standard InChI is InChI=1S/C24H35N7O2/c1-4-29(5-2)17-18-10-8-9-14-30(18)15-13-25-24(33)31-20-12-7-6-11-19(20)27-23(32)22-21(31)16-26-28(22)3/h6-7,11-12,16,18H,4-5,8-10,13-15,17H2,1-3H3,(H,25,33)(H,27,32). The summed E-state index contributed by atoms with van der Waals surface area (Å²) in [6, 6.07) is 7.61. The monoisotopic (exact) mass is 453 g/mol. The van der Waals surface area contributed by atoms with Gasteiger partial charge < -0.3 is 15.5 Å². The third-order valence-corrected chi connectivity index (χ3v) is 6.76. The number of aryl methyl sites for hydroxylation is 1. The van der Waals surface area contributed by atoms with Crippen molar-refractivity contribution >= 4 is 29.0 Å². The normalized spacial score (nSPS) is 18.5. The van der Waals surface area contributed by atoms with Gasteiger partial charge in [-0.25, -0.2) is 4.79 Å². The maximum Gasteiger partial charge on any atom is 0.326 e. The molecule has 9 nitrogen and oxygen atoms in total. The quantitative estimate of drug-likeness (QED) is 0.673. The largest absolute Gasteiger partial charge is 0.336 e. The minimum absolute atomic E-state index is 0.259. The van der Waals surface area contributed by atoms with Gasteiger partial charge in [0.1, 0.15) is 5.69 Å². The number of nitrogens with zero attached hydrogens (tertiary/aromatic N) is 5. The third-order valence-electron chi connectivity index (χ3n) is 6.76. The second-order valence-corrected chi connectivity index (χ2v) is 8.71. The molecule has 0 bridgehead atoms. The van der Waals surface area contributed by atoms with Crippen LogP contribution in [0, 0.1) is 0 Å². The molecule has 2 aromatic rings. The number of anilines is 3. The van der Waals surface area contributed by atoms with Gasteiger partial charge >= 0.3 is 6.03 Å². The number of nitrogens with one attached hydrogen (secondary N) is 2. The second kappa shape index (κ2) is 10.4. The van der Waals surface area contributed by atoms with E-state index in [0.29, 0.717) is 35.3 Å². The molecule has 1 unspecified atom stereocenters. The molecular formula is C24H35N7O2. The van der Waals surface area contributed by atoms with Crippen LogP contribution in [-0.4, -0.2) is 76.8 Å². The van der Waals surface area contributed by atoms with Crippen LogP contribution in [0.1, 0.15) is 43.6 Å². The zero-order chi connectivity index (χ0) is 23.4. The predicted molar refractivity (Wildman–Crippen MR) is 130 cm³/mol. The van der Waals surface area contributed by atoms with Crippen molar-refractivity contribution in [2.24, 2.45) is 7.05 Å². The van der Waals surface area contributed by atoms with Crippen LogP contribution in [0.2, 0.25) is 0 Å². The average Bonchev–Trinajstić information content (AvgIpc) is 3.14. The highest BCUT2D eigenvalue weighted by Crippen LogP contribution is 2.37. The Morgan fingerprint density at radius 2 is 2.00 bits per heavy atom. The van der Waals surface area contributed by atoms with E-state index in [0.717, 1.165) is 32.7 Å². The van der Waals surface area contributed by atoms with Gasteiger partial charge in [-0.05, 0) is 44.6 Å². The van der Waals surface area contributed by atoms with Gasteiger partial charge in [-0.15, -0.1) is 0 Å². The fourth-order valence-electron chi connectivity index (χ4n) is 4.88. The number of likely N-dealkylation sites (N-methyl/N-ethyl adjacent to an activating group) is 1. The van der Waals surface area contributed by atoms with Crippen LogP contribution in [0.5, 0.6) is 0 Å². The summed E-state index contributed by atoms with van der Waals surface area (Å²) in [5.41, 5.74) is 2.07. The van der Waals surface area contributed by atoms with E-state index < -0.39 is 0 Å². The summed E-state index contributed by atoms with van der Waals surface area (Å²) in [5, 5.41) is 10.2. The van der Waals surface area contributed by atoms with Crippen molar-refractivity contribution < 1.29 is 9.59 Å². The van der Waals surface area contributed by atoms with Crippen LogP contribution in [0.4, 0.5) is 21.9 Å². The van der Waals surface area contributed by atoms with Crippen molar-refractivity contribution in [3.05, 3.63) is 36.2 Å². The Hall–Kier alpha value is -2.91. The van der Waals surface area contributed by atoms with Gasteiger partial charge in [0, 0.05) is 32.7 Å². The number of carbonyl (C=O) groups excluding carboxylic acids is 2. The van der Waals surface area contributed by atoms with E-state index in [4.69, 9.17) is 0 Å². The number of fused-ring (bicyclic) bond motifs is 2. The van der Waals surface area contributed by atoms with Gasteiger partial charge in [0.2, 0.25) is 0 Å². The van der Waals surface area contributed by atoms with Crippen molar-refractivity contribution in [3.63, 3.8) is 0 Å². The lowest BCUT2D eigenvalue weighted by Crippen LogP contribution is -2.49. The van der Waals surface area contributed by atoms with Crippen LogP contribution < -0.4 is 15.5 Å². The number of rotatable bonds is 7. The summed E-state index contributed by atoms with van der Waals surface area (Å²) >= 11 is 0. The van der Waals surface area contributed by atoms with E-state index in [9.17, 15) is 9.59 Å². The van der Waals surface area contributed by atoms with E-state index in [1.165, 1.54) is 23.9 Å². The molecule has 3 amide bonds. The number of benzene rings is 1. The molecule has 2 aliphatic rings. The Kier molecular flexibility index (Phi) is 7.29. The molecule has 178 valence electrons. The van der Waals surface area contributed by atoms with Crippen molar-refractivity contribution in [2.45, 2.75) is 39.2 Å². The topological polar surface area (TPSA) is 85.7 Å². The molecule has 1 atom stereocenters. The number of aromatic nitrogens is 2. The van der Waals surface area contributed by atoms with Crippen LogP contribution in [-0.2, 0) is 7.05 Å². The molecule has 1 saturated heterocycles. The van der Waals surface area contributed by atoms with Gasteiger partial charge in [0.25, 0.3) is 5.91 Å². The van der Waals surface area contributed by atoms with Crippen molar-refractivity contribution in [2.75, 3.05) is 49.5 Å². The first-order valence-corrected chi connectivity index (χ1v) is 12.0. The Bertz CT molecular complexity index is 985. The van der Waals surface area contributed by atoms with Crippen LogP contribution in [0.15, 0.2) is 30.5 Å². The first kappa shape index (κ1) is 23.3. The SMILES string of the molecule is CCN(CC)CC1CCCCN1CCNC(=O)N1c2ccccc2NC(=O)c2c1cnn2C. The van der Waals surface area contributed by atoms with Crippen molar-refractivity contribution in [1.29, 1.82) is 0 Å². The van der Waals surface area contributed by atoms with E-state index in [2.05, 4.69) is 39.4 Å². The maximum atomic E-state index is 13.4. The molecule has 0 spiro atoms. The lowest BCUT2D eigenvalue weighted by Gasteiger charge is -2.38. The molecule has 2 aliphatic heterocycles. The number of urea groups is 1. The van der Waals surface area contributed by atoms with Crippen molar-refractivity contribution in [1.82, 2.24) is 24.9 Å². The van der Waals surface area contributed by atoms with E-state index >= 15 is 0 Å². The molecule has 2 N–H and O–H groups in total. The minimum Gasteiger partial charge on any atom is -0.336 e. The fourth-order valence-corrected chi connectivity index (χ4v) is 4.88. The fraction of sp³-hybridized carbons (Fsp3) is 0.542. The average molecular weight is 454 g/mol. The highest BCUT2D eigenvalue weighted by atomic mass is 16.2. The first-order valence-electron chi connectivity index (χ1n) is 12.0. The molecule has 4 rings (SSSR count). The third kappa shape index (κ3) is 4.89. The Morgan fingerprint density at radius 3 is 2.79 bits per heavy atom. The van der Waals surface area contributed by atoms with Crippen molar-refractivity contribution in [3.8, 4) is 0 Å². The number of hydrogen-bond acceptors (Lipinski definition) is 5. The molecule has 3 heterocycles. The maximum absolute atomic E-state index is 13.4. The Balaban J connectivity index is 1.47. The summed E-state index contributed by atoms with van der Waals surface area (Å²) in [6.45, 7) is 10.0.